The number of aromatic nitrogens is 1. The Morgan fingerprint density at radius 3 is 2.47 bits per heavy atom. The van der Waals surface area contributed by atoms with E-state index in [4.69, 9.17) is 5.73 Å². The molecule has 0 aliphatic heterocycles. The van der Waals surface area contributed by atoms with Crippen LogP contribution in [0.4, 0.5) is 0 Å². The van der Waals surface area contributed by atoms with Gasteiger partial charge in [0.1, 0.15) is 0 Å². The molecule has 2 heteroatoms. The van der Waals surface area contributed by atoms with Crippen molar-refractivity contribution in [3.05, 3.63) is 65.5 Å². The maximum Gasteiger partial charge on any atom is 0.0478 e. The Hall–Kier alpha value is -1.67. The van der Waals surface area contributed by atoms with E-state index in [1.165, 1.54) is 11.1 Å². The second-order valence-corrected chi connectivity index (χ2v) is 4.30. The van der Waals surface area contributed by atoms with E-state index in [9.17, 15) is 0 Å². The molecule has 1 aromatic carbocycles. The van der Waals surface area contributed by atoms with Crippen molar-refractivity contribution in [2.24, 2.45) is 5.73 Å². The van der Waals surface area contributed by atoms with E-state index in [1.54, 1.807) is 0 Å². The fourth-order valence-corrected chi connectivity index (χ4v) is 2.03. The van der Waals surface area contributed by atoms with E-state index in [1.807, 2.05) is 18.3 Å². The van der Waals surface area contributed by atoms with Crippen molar-refractivity contribution < 1.29 is 0 Å². The molecule has 2 rings (SSSR count). The molecule has 0 spiro atoms. The molecule has 0 aliphatic rings. The highest BCUT2D eigenvalue weighted by Gasteiger charge is 2.13. The lowest BCUT2D eigenvalue weighted by atomic mass is 9.91. The molecule has 1 aromatic heterocycles. The first-order chi connectivity index (χ1) is 8.31. The van der Waals surface area contributed by atoms with Crippen LogP contribution < -0.4 is 5.73 Å². The number of pyridine rings is 1. The average molecular weight is 226 g/mol. The normalized spacial score (nSPS) is 12.4. The summed E-state index contributed by atoms with van der Waals surface area (Å²) >= 11 is 0. The zero-order valence-corrected chi connectivity index (χ0v) is 10.1. The van der Waals surface area contributed by atoms with Gasteiger partial charge in [0.05, 0.1) is 0 Å². The largest absolute Gasteiger partial charge is 0.330 e. The Morgan fingerprint density at radius 2 is 1.88 bits per heavy atom. The summed E-state index contributed by atoms with van der Waals surface area (Å²) in [6.45, 7) is 2.78. The molecule has 2 N–H and O–H groups in total. The van der Waals surface area contributed by atoms with E-state index in [0.29, 0.717) is 12.5 Å². The highest BCUT2D eigenvalue weighted by Crippen LogP contribution is 2.25. The minimum atomic E-state index is 0.307. The molecule has 0 radical (unpaired) electrons. The second-order valence-electron chi connectivity index (χ2n) is 4.30. The summed E-state index contributed by atoms with van der Waals surface area (Å²) in [7, 11) is 0. The first-order valence-electron chi connectivity index (χ1n) is 5.99. The van der Waals surface area contributed by atoms with Crippen molar-refractivity contribution in [1.29, 1.82) is 0 Å². The van der Waals surface area contributed by atoms with E-state index < -0.39 is 0 Å². The van der Waals surface area contributed by atoms with Crippen LogP contribution in [0.15, 0.2) is 48.7 Å². The van der Waals surface area contributed by atoms with Gasteiger partial charge in [0.2, 0.25) is 0 Å². The van der Waals surface area contributed by atoms with Gasteiger partial charge in [-0.05, 0) is 37.6 Å². The zero-order chi connectivity index (χ0) is 12.1. The smallest absolute Gasteiger partial charge is 0.0478 e. The Bertz CT molecular complexity index is 448. The van der Waals surface area contributed by atoms with Crippen molar-refractivity contribution in [1.82, 2.24) is 4.98 Å². The fourth-order valence-electron chi connectivity index (χ4n) is 2.03. The molecule has 2 aromatic rings. The number of aryl methyl sites for hydroxylation is 1. The minimum Gasteiger partial charge on any atom is -0.330 e. The summed E-state index contributed by atoms with van der Waals surface area (Å²) in [6.07, 6.45) is 2.77. The monoisotopic (exact) mass is 226 g/mol. The molecule has 17 heavy (non-hydrogen) atoms. The molecule has 0 amide bonds. The van der Waals surface area contributed by atoms with Crippen molar-refractivity contribution in [2.75, 3.05) is 6.54 Å². The van der Waals surface area contributed by atoms with Crippen LogP contribution in [0.3, 0.4) is 0 Å². The van der Waals surface area contributed by atoms with Crippen LogP contribution in [0.1, 0.15) is 29.2 Å². The molecular weight excluding hydrogens is 208 g/mol. The van der Waals surface area contributed by atoms with Crippen LogP contribution in [0.2, 0.25) is 0 Å². The lowest BCUT2D eigenvalue weighted by molar-refractivity contribution is 0.705. The lowest BCUT2D eigenvalue weighted by Crippen LogP contribution is -2.10. The Morgan fingerprint density at radius 1 is 1.12 bits per heavy atom. The first-order valence-corrected chi connectivity index (χ1v) is 5.99. The number of benzene rings is 1. The molecule has 0 aliphatic carbocycles. The lowest BCUT2D eigenvalue weighted by Gasteiger charge is -2.16. The topological polar surface area (TPSA) is 38.9 Å². The average Bonchev–Trinajstić information content (AvgIpc) is 2.38. The minimum absolute atomic E-state index is 0.307. The summed E-state index contributed by atoms with van der Waals surface area (Å²) in [4.78, 5) is 4.44. The fraction of sp³-hybridized carbons (Fsp3) is 0.267. The van der Waals surface area contributed by atoms with Gasteiger partial charge in [-0.25, -0.2) is 0 Å². The molecular formula is C15H18N2. The highest BCUT2D eigenvalue weighted by atomic mass is 14.7. The summed E-state index contributed by atoms with van der Waals surface area (Å²) in [5, 5.41) is 0. The van der Waals surface area contributed by atoms with Crippen molar-refractivity contribution in [3.8, 4) is 0 Å². The van der Waals surface area contributed by atoms with E-state index in [0.717, 1.165) is 12.1 Å². The van der Waals surface area contributed by atoms with E-state index in [-0.39, 0.29) is 0 Å². The second kappa shape index (κ2) is 5.60. The molecule has 0 saturated carbocycles. The van der Waals surface area contributed by atoms with E-state index in [2.05, 4.69) is 42.2 Å². The van der Waals surface area contributed by atoms with Crippen molar-refractivity contribution >= 4 is 0 Å². The van der Waals surface area contributed by atoms with Gasteiger partial charge < -0.3 is 5.73 Å². The van der Waals surface area contributed by atoms with Gasteiger partial charge >= 0.3 is 0 Å². The third kappa shape index (κ3) is 2.92. The molecule has 1 heterocycles. The van der Waals surface area contributed by atoms with Gasteiger partial charge in [-0.3, -0.25) is 4.98 Å². The number of nitrogens with two attached hydrogens (primary N) is 1. The van der Waals surface area contributed by atoms with Crippen LogP contribution in [-0.2, 0) is 0 Å². The van der Waals surface area contributed by atoms with Gasteiger partial charge in [-0.1, -0.05) is 35.9 Å². The van der Waals surface area contributed by atoms with Crippen molar-refractivity contribution in [3.63, 3.8) is 0 Å². The third-order valence-electron chi connectivity index (χ3n) is 2.98. The molecule has 0 unspecified atom stereocenters. The predicted octanol–water partition coefficient (Wildman–Crippen LogP) is 2.87. The molecule has 0 bridgehead atoms. The Balaban J connectivity index is 2.32. The molecule has 0 saturated heterocycles. The standard InChI is InChI=1S/C15H18N2/c1-12-5-7-13(8-6-12)14(9-10-16)15-4-2-3-11-17-15/h2-8,11,14H,9-10,16H2,1H3/t14-/m0/s1. The van der Waals surface area contributed by atoms with Gasteiger partial charge in [0.15, 0.2) is 0 Å². The van der Waals surface area contributed by atoms with Gasteiger partial charge in [0.25, 0.3) is 0 Å². The van der Waals surface area contributed by atoms with Crippen LogP contribution in [0.25, 0.3) is 0 Å². The summed E-state index contributed by atoms with van der Waals surface area (Å²) < 4.78 is 0. The Kier molecular flexibility index (Phi) is 3.89. The van der Waals surface area contributed by atoms with Crippen LogP contribution in [0, 0.1) is 6.92 Å². The van der Waals surface area contributed by atoms with Crippen LogP contribution in [0.5, 0.6) is 0 Å². The maximum atomic E-state index is 5.71. The number of hydrogen-bond donors (Lipinski definition) is 1. The Labute approximate surface area is 103 Å². The quantitative estimate of drug-likeness (QED) is 0.870. The number of hydrogen-bond acceptors (Lipinski definition) is 2. The van der Waals surface area contributed by atoms with Crippen LogP contribution in [-0.4, -0.2) is 11.5 Å². The first kappa shape index (κ1) is 11.8. The van der Waals surface area contributed by atoms with Gasteiger partial charge in [0, 0.05) is 17.8 Å². The third-order valence-corrected chi connectivity index (χ3v) is 2.98. The van der Waals surface area contributed by atoms with Crippen LogP contribution >= 0.6 is 0 Å². The zero-order valence-electron chi connectivity index (χ0n) is 10.1. The highest BCUT2D eigenvalue weighted by molar-refractivity contribution is 5.30. The summed E-state index contributed by atoms with van der Waals surface area (Å²) in [5.74, 6) is 0.307. The SMILES string of the molecule is Cc1ccc([C@H](CCN)c2ccccn2)cc1. The number of nitrogens with zero attached hydrogens (tertiary/aromatic N) is 1. The maximum absolute atomic E-state index is 5.71. The van der Waals surface area contributed by atoms with Gasteiger partial charge in [-0.2, -0.15) is 0 Å². The molecule has 1 atom stereocenters. The number of rotatable bonds is 4. The molecule has 88 valence electrons. The summed E-state index contributed by atoms with van der Waals surface area (Å²) in [5.41, 5.74) is 9.38. The van der Waals surface area contributed by atoms with Gasteiger partial charge in [-0.15, -0.1) is 0 Å². The molecule has 0 fully saturated rings. The predicted molar refractivity (Wildman–Crippen MR) is 70.9 cm³/mol. The van der Waals surface area contributed by atoms with E-state index >= 15 is 0 Å². The summed E-state index contributed by atoms with van der Waals surface area (Å²) in [6, 6.07) is 14.7. The van der Waals surface area contributed by atoms with Crippen molar-refractivity contribution in [2.45, 2.75) is 19.3 Å². The molecule has 2 nitrogen and oxygen atoms in total.